The fourth-order valence-corrected chi connectivity index (χ4v) is 3.39. The van der Waals surface area contributed by atoms with Crippen LogP contribution in [0.3, 0.4) is 0 Å². The molecule has 0 unspecified atom stereocenters. The minimum Gasteiger partial charge on any atom is -0.338 e. The fraction of sp³-hybridized carbons (Fsp3) is 0.318. The Morgan fingerprint density at radius 3 is 2.39 bits per heavy atom. The van der Waals surface area contributed by atoms with Gasteiger partial charge in [0.05, 0.1) is 6.54 Å². The molecular weight excluding hydrogens is 352 g/mol. The number of carbonyl (C=O) groups is 1. The Morgan fingerprint density at radius 2 is 1.71 bits per heavy atom. The monoisotopic (exact) mass is 376 g/mol. The topological polar surface area (TPSA) is 62.5 Å². The van der Waals surface area contributed by atoms with Crippen molar-refractivity contribution in [2.75, 3.05) is 26.2 Å². The molecule has 6 nitrogen and oxygen atoms in total. The summed E-state index contributed by atoms with van der Waals surface area (Å²) in [5.41, 5.74) is 2.95. The number of aromatic nitrogens is 2. The fourth-order valence-electron chi connectivity index (χ4n) is 3.39. The molecule has 3 aromatic rings. The predicted molar refractivity (Wildman–Crippen MR) is 107 cm³/mol. The molecule has 0 bridgehead atoms. The molecule has 2 heterocycles. The number of nitrogens with zero attached hydrogens (tertiary/aromatic N) is 4. The summed E-state index contributed by atoms with van der Waals surface area (Å²) in [6, 6.07) is 17.7. The quantitative estimate of drug-likeness (QED) is 0.684. The molecule has 1 aliphatic heterocycles. The summed E-state index contributed by atoms with van der Waals surface area (Å²) in [6.07, 6.45) is 0.981. The van der Waals surface area contributed by atoms with Gasteiger partial charge in [0.15, 0.2) is 0 Å². The Hall–Kier alpha value is -2.99. The summed E-state index contributed by atoms with van der Waals surface area (Å²) >= 11 is 0. The van der Waals surface area contributed by atoms with Gasteiger partial charge < -0.3 is 9.42 Å². The smallest absolute Gasteiger partial charge is 0.253 e. The van der Waals surface area contributed by atoms with Gasteiger partial charge in [-0.05, 0) is 24.1 Å². The molecule has 1 aliphatic rings. The minimum absolute atomic E-state index is 0.103. The lowest BCUT2D eigenvalue weighted by molar-refractivity contribution is 0.0615. The van der Waals surface area contributed by atoms with Gasteiger partial charge in [-0.1, -0.05) is 54.5 Å². The van der Waals surface area contributed by atoms with Crippen LogP contribution in [0, 0.1) is 0 Å². The molecule has 0 N–H and O–H groups in total. The number of rotatable bonds is 5. The summed E-state index contributed by atoms with van der Waals surface area (Å²) in [7, 11) is 0. The van der Waals surface area contributed by atoms with Crippen LogP contribution in [0.1, 0.15) is 28.7 Å². The Bertz CT molecular complexity index is 913. The zero-order valence-electron chi connectivity index (χ0n) is 16.0. The van der Waals surface area contributed by atoms with E-state index >= 15 is 0 Å². The van der Waals surface area contributed by atoms with Crippen LogP contribution in [0.5, 0.6) is 0 Å². The molecule has 0 radical (unpaired) electrons. The second kappa shape index (κ2) is 8.35. The van der Waals surface area contributed by atoms with Crippen molar-refractivity contribution >= 4 is 5.91 Å². The second-order valence-corrected chi connectivity index (χ2v) is 7.00. The molecule has 1 aromatic heterocycles. The van der Waals surface area contributed by atoms with E-state index in [1.807, 2.05) is 59.5 Å². The minimum atomic E-state index is 0.103. The number of carbonyl (C=O) groups excluding carboxylic acids is 1. The molecule has 1 saturated heterocycles. The van der Waals surface area contributed by atoms with Crippen molar-refractivity contribution < 1.29 is 9.32 Å². The number of aryl methyl sites for hydroxylation is 1. The van der Waals surface area contributed by atoms with Crippen LogP contribution in [-0.4, -0.2) is 52.0 Å². The van der Waals surface area contributed by atoms with E-state index in [-0.39, 0.29) is 5.91 Å². The van der Waals surface area contributed by atoms with E-state index in [9.17, 15) is 4.79 Å². The molecule has 144 valence electrons. The Kier molecular flexibility index (Phi) is 5.48. The first-order valence-electron chi connectivity index (χ1n) is 9.71. The van der Waals surface area contributed by atoms with Gasteiger partial charge in [0.2, 0.25) is 11.7 Å². The summed E-state index contributed by atoms with van der Waals surface area (Å²) in [4.78, 5) is 21.3. The van der Waals surface area contributed by atoms with Gasteiger partial charge in [-0.3, -0.25) is 9.69 Å². The molecular formula is C22H24N4O2. The number of amides is 1. The first-order valence-corrected chi connectivity index (χ1v) is 9.71. The summed E-state index contributed by atoms with van der Waals surface area (Å²) in [5.74, 6) is 1.32. The summed E-state index contributed by atoms with van der Waals surface area (Å²) in [5, 5.41) is 4.07. The van der Waals surface area contributed by atoms with Crippen LogP contribution in [-0.2, 0) is 13.0 Å². The van der Waals surface area contributed by atoms with E-state index in [0.717, 1.165) is 30.6 Å². The largest absolute Gasteiger partial charge is 0.338 e. The zero-order chi connectivity index (χ0) is 19.3. The molecule has 1 fully saturated rings. The zero-order valence-corrected chi connectivity index (χ0v) is 16.0. The van der Waals surface area contributed by atoms with Gasteiger partial charge in [-0.15, -0.1) is 0 Å². The Balaban J connectivity index is 1.32. The van der Waals surface area contributed by atoms with Crippen molar-refractivity contribution in [2.24, 2.45) is 0 Å². The van der Waals surface area contributed by atoms with Crippen molar-refractivity contribution in [3.05, 3.63) is 71.6 Å². The van der Waals surface area contributed by atoms with Crippen molar-refractivity contribution in [2.45, 2.75) is 19.9 Å². The van der Waals surface area contributed by atoms with Crippen LogP contribution in [0.15, 0.2) is 59.1 Å². The highest BCUT2D eigenvalue weighted by Gasteiger charge is 2.23. The number of piperazine rings is 1. The number of benzene rings is 2. The Labute approximate surface area is 164 Å². The third-order valence-corrected chi connectivity index (χ3v) is 5.13. The third-order valence-electron chi connectivity index (χ3n) is 5.13. The maximum atomic E-state index is 12.7. The highest BCUT2D eigenvalue weighted by atomic mass is 16.5. The molecule has 28 heavy (non-hydrogen) atoms. The normalized spacial score (nSPS) is 15.0. The lowest BCUT2D eigenvalue weighted by Gasteiger charge is -2.34. The molecule has 1 amide bonds. The lowest BCUT2D eigenvalue weighted by atomic mass is 10.1. The lowest BCUT2D eigenvalue weighted by Crippen LogP contribution is -2.48. The summed E-state index contributed by atoms with van der Waals surface area (Å²) in [6.45, 7) is 5.71. The first-order chi connectivity index (χ1) is 13.7. The molecule has 0 aliphatic carbocycles. The van der Waals surface area contributed by atoms with Crippen molar-refractivity contribution in [3.63, 3.8) is 0 Å². The van der Waals surface area contributed by atoms with Gasteiger partial charge in [0, 0.05) is 37.3 Å². The molecule has 0 spiro atoms. The van der Waals surface area contributed by atoms with Gasteiger partial charge in [0.1, 0.15) is 0 Å². The van der Waals surface area contributed by atoms with Gasteiger partial charge in [-0.2, -0.15) is 4.98 Å². The van der Waals surface area contributed by atoms with E-state index in [0.29, 0.717) is 31.3 Å². The van der Waals surface area contributed by atoms with Crippen LogP contribution in [0.25, 0.3) is 11.4 Å². The third kappa shape index (κ3) is 4.12. The van der Waals surface area contributed by atoms with Gasteiger partial charge in [-0.25, -0.2) is 0 Å². The van der Waals surface area contributed by atoms with Gasteiger partial charge in [0.25, 0.3) is 5.91 Å². The Morgan fingerprint density at radius 1 is 1.00 bits per heavy atom. The van der Waals surface area contributed by atoms with Gasteiger partial charge >= 0.3 is 0 Å². The highest BCUT2D eigenvalue weighted by molar-refractivity contribution is 5.94. The van der Waals surface area contributed by atoms with E-state index in [1.54, 1.807) is 0 Å². The van der Waals surface area contributed by atoms with E-state index < -0.39 is 0 Å². The predicted octanol–water partition coefficient (Wildman–Crippen LogP) is 3.26. The second-order valence-electron chi connectivity index (χ2n) is 7.00. The van der Waals surface area contributed by atoms with E-state index in [2.05, 4.69) is 22.0 Å². The molecule has 6 heteroatoms. The maximum absolute atomic E-state index is 12.7. The molecule has 2 aromatic carbocycles. The first kappa shape index (κ1) is 18.4. The number of hydrogen-bond donors (Lipinski definition) is 0. The van der Waals surface area contributed by atoms with Crippen LogP contribution in [0.4, 0.5) is 0 Å². The molecule has 4 rings (SSSR count). The standard InChI is InChI=1S/C22H24N4O2/c1-2-17-8-10-19(11-9-17)22(27)26-14-12-25(13-15-26)16-20-23-21(24-28-20)18-6-4-3-5-7-18/h3-11H,2,12-16H2,1H3. The van der Waals surface area contributed by atoms with Crippen LogP contribution < -0.4 is 0 Å². The van der Waals surface area contributed by atoms with E-state index in [1.165, 1.54) is 5.56 Å². The van der Waals surface area contributed by atoms with Crippen molar-refractivity contribution in [3.8, 4) is 11.4 Å². The molecule has 0 atom stereocenters. The van der Waals surface area contributed by atoms with Crippen LogP contribution >= 0.6 is 0 Å². The van der Waals surface area contributed by atoms with Crippen molar-refractivity contribution in [1.82, 2.24) is 19.9 Å². The SMILES string of the molecule is CCc1ccc(C(=O)N2CCN(Cc3nc(-c4ccccc4)no3)CC2)cc1. The average Bonchev–Trinajstić information content (AvgIpc) is 3.23. The molecule has 0 saturated carbocycles. The highest BCUT2D eigenvalue weighted by Crippen LogP contribution is 2.17. The number of hydrogen-bond acceptors (Lipinski definition) is 5. The summed E-state index contributed by atoms with van der Waals surface area (Å²) < 4.78 is 5.40. The maximum Gasteiger partial charge on any atom is 0.253 e. The van der Waals surface area contributed by atoms with E-state index in [4.69, 9.17) is 4.52 Å². The van der Waals surface area contributed by atoms with Crippen LogP contribution in [0.2, 0.25) is 0 Å². The average molecular weight is 376 g/mol. The van der Waals surface area contributed by atoms with Crippen molar-refractivity contribution in [1.29, 1.82) is 0 Å².